The van der Waals surface area contributed by atoms with Crippen molar-refractivity contribution >= 4 is 34.7 Å². The molecular formula is C14H19IN2O3. The molecule has 0 aliphatic carbocycles. The Morgan fingerprint density at radius 1 is 1.30 bits per heavy atom. The van der Waals surface area contributed by atoms with Gasteiger partial charge in [0, 0.05) is 0 Å². The molecule has 2 amide bonds. The van der Waals surface area contributed by atoms with Gasteiger partial charge in [0.05, 0.1) is 35.5 Å². The number of hydrogen-bond acceptors (Lipinski definition) is 3. The maximum Gasteiger partial charge on any atom is 0.317 e. The van der Waals surface area contributed by atoms with E-state index in [0.29, 0.717) is 12.3 Å². The summed E-state index contributed by atoms with van der Waals surface area (Å²) in [6, 6.07) is 7.53. The molecule has 20 heavy (non-hydrogen) atoms. The van der Waals surface area contributed by atoms with Crippen molar-refractivity contribution in [2.24, 2.45) is 0 Å². The molecule has 1 atom stereocenters. The van der Waals surface area contributed by atoms with E-state index < -0.39 is 17.9 Å². The van der Waals surface area contributed by atoms with Crippen molar-refractivity contribution in [2.45, 2.75) is 32.2 Å². The zero-order valence-corrected chi connectivity index (χ0v) is 13.7. The van der Waals surface area contributed by atoms with Crippen LogP contribution in [0.1, 0.15) is 30.9 Å². The van der Waals surface area contributed by atoms with Crippen LogP contribution in [0.3, 0.4) is 0 Å². The van der Waals surface area contributed by atoms with Gasteiger partial charge in [-0.1, -0.05) is 38.1 Å². The Labute approximate surface area is 132 Å². The highest BCUT2D eigenvalue weighted by molar-refractivity contribution is 14.1. The Morgan fingerprint density at radius 3 is 2.55 bits per heavy atom. The van der Waals surface area contributed by atoms with E-state index >= 15 is 0 Å². The minimum atomic E-state index is -0.738. The standard InChI is InChI=1S/C14H19IN2O3/c1-9(2)11-5-3-4-10(6-11)7-12(8-18)16-13(19)14(20)17-15/h3-6,9,12,18H,7-8H2,1-2H3,(H,16,19)(H,17,20). The van der Waals surface area contributed by atoms with Crippen LogP contribution in [0.25, 0.3) is 0 Å². The lowest BCUT2D eigenvalue weighted by molar-refractivity contribution is -0.138. The lowest BCUT2D eigenvalue weighted by atomic mass is 9.98. The lowest BCUT2D eigenvalue weighted by Crippen LogP contribution is -2.45. The smallest absolute Gasteiger partial charge is 0.317 e. The molecule has 1 unspecified atom stereocenters. The number of aliphatic hydroxyl groups is 1. The molecule has 110 valence electrons. The van der Waals surface area contributed by atoms with E-state index in [1.54, 1.807) is 22.9 Å². The van der Waals surface area contributed by atoms with E-state index in [-0.39, 0.29) is 6.61 Å². The molecule has 1 rings (SSSR count). The third kappa shape index (κ3) is 5.09. The van der Waals surface area contributed by atoms with Crippen LogP contribution < -0.4 is 8.85 Å². The van der Waals surface area contributed by atoms with Crippen molar-refractivity contribution in [1.82, 2.24) is 8.85 Å². The predicted octanol–water partition coefficient (Wildman–Crippen LogP) is 1.30. The van der Waals surface area contributed by atoms with Crippen molar-refractivity contribution in [1.29, 1.82) is 0 Å². The summed E-state index contributed by atoms with van der Waals surface area (Å²) in [5.41, 5.74) is 2.22. The van der Waals surface area contributed by atoms with Gasteiger partial charge in [-0.2, -0.15) is 0 Å². The second kappa shape index (κ2) is 8.21. The summed E-state index contributed by atoms with van der Waals surface area (Å²) in [5.74, 6) is -1.04. The van der Waals surface area contributed by atoms with Crippen molar-refractivity contribution in [3.8, 4) is 0 Å². The Kier molecular flexibility index (Phi) is 6.94. The Hall–Kier alpha value is -1.15. The molecule has 5 nitrogen and oxygen atoms in total. The normalized spacial score (nSPS) is 12.1. The number of carbonyl (C=O) groups excluding carboxylic acids is 2. The van der Waals surface area contributed by atoms with Crippen molar-refractivity contribution < 1.29 is 14.7 Å². The SMILES string of the molecule is CC(C)c1cccc(CC(CO)NC(=O)C(=O)NI)c1. The van der Waals surface area contributed by atoms with Crippen molar-refractivity contribution in [3.05, 3.63) is 35.4 Å². The van der Waals surface area contributed by atoms with Crippen LogP contribution in [-0.4, -0.2) is 29.6 Å². The molecule has 3 N–H and O–H groups in total. The third-order valence-electron chi connectivity index (χ3n) is 2.95. The molecule has 0 spiro atoms. The summed E-state index contributed by atoms with van der Waals surface area (Å²) >= 11 is 1.60. The molecule has 0 aliphatic rings. The van der Waals surface area contributed by atoms with Gasteiger partial charge in [0.1, 0.15) is 0 Å². The van der Waals surface area contributed by atoms with Crippen LogP contribution in [0.4, 0.5) is 0 Å². The lowest BCUT2D eigenvalue weighted by Gasteiger charge is -2.16. The maximum atomic E-state index is 11.5. The number of benzene rings is 1. The number of rotatable bonds is 5. The molecule has 0 aromatic heterocycles. The van der Waals surface area contributed by atoms with Crippen LogP contribution in [0.5, 0.6) is 0 Å². The van der Waals surface area contributed by atoms with Gasteiger partial charge in [-0.3, -0.25) is 13.1 Å². The van der Waals surface area contributed by atoms with E-state index in [2.05, 4.69) is 28.8 Å². The number of hydrogen-bond donors (Lipinski definition) is 3. The zero-order chi connectivity index (χ0) is 15.1. The largest absolute Gasteiger partial charge is 0.394 e. The second-order valence-electron chi connectivity index (χ2n) is 4.88. The summed E-state index contributed by atoms with van der Waals surface area (Å²) in [5, 5.41) is 11.8. The predicted molar refractivity (Wildman–Crippen MR) is 85.4 cm³/mol. The zero-order valence-electron chi connectivity index (χ0n) is 11.5. The van der Waals surface area contributed by atoms with Crippen LogP contribution in [0.15, 0.2) is 24.3 Å². The molecule has 0 saturated carbocycles. The molecule has 1 aromatic carbocycles. The van der Waals surface area contributed by atoms with Gasteiger partial charge in [-0.05, 0) is 23.5 Å². The minimum absolute atomic E-state index is 0.216. The Morgan fingerprint density at radius 2 is 2.00 bits per heavy atom. The summed E-state index contributed by atoms with van der Waals surface area (Å²) in [6.07, 6.45) is 0.483. The molecule has 0 bridgehead atoms. The molecule has 6 heteroatoms. The quantitative estimate of drug-likeness (QED) is 0.403. The van der Waals surface area contributed by atoms with Crippen molar-refractivity contribution in [3.63, 3.8) is 0 Å². The fourth-order valence-electron chi connectivity index (χ4n) is 1.82. The highest BCUT2D eigenvalue weighted by Crippen LogP contribution is 2.16. The monoisotopic (exact) mass is 390 g/mol. The molecule has 0 heterocycles. The third-order valence-corrected chi connectivity index (χ3v) is 3.44. The fraction of sp³-hybridized carbons (Fsp3) is 0.429. The molecule has 1 aromatic rings. The first kappa shape index (κ1) is 16.9. The number of nitrogens with one attached hydrogen (secondary N) is 2. The summed E-state index contributed by atoms with van der Waals surface area (Å²) in [4.78, 5) is 22.6. The number of carbonyl (C=O) groups is 2. The minimum Gasteiger partial charge on any atom is -0.394 e. The first-order chi connectivity index (χ1) is 9.47. The van der Waals surface area contributed by atoms with Crippen LogP contribution in [0.2, 0.25) is 0 Å². The first-order valence-electron chi connectivity index (χ1n) is 6.39. The van der Waals surface area contributed by atoms with Gasteiger partial charge in [0.15, 0.2) is 0 Å². The number of halogens is 1. The van der Waals surface area contributed by atoms with E-state index in [9.17, 15) is 14.7 Å². The maximum absolute atomic E-state index is 11.5. The van der Waals surface area contributed by atoms with Crippen LogP contribution in [0, 0.1) is 0 Å². The average Bonchev–Trinajstić information content (AvgIpc) is 2.45. The Bertz CT molecular complexity index is 477. The van der Waals surface area contributed by atoms with Crippen LogP contribution in [-0.2, 0) is 16.0 Å². The molecular weight excluding hydrogens is 371 g/mol. The van der Waals surface area contributed by atoms with E-state index in [4.69, 9.17) is 0 Å². The second-order valence-corrected chi connectivity index (χ2v) is 5.42. The van der Waals surface area contributed by atoms with Gasteiger partial charge in [0.2, 0.25) is 0 Å². The summed E-state index contributed by atoms with van der Waals surface area (Å²) in [6.45, 7) is 4.00. The van der Waals surface area contributed by atoms with Gasteiger partial charge < -0.3 is 10.4 Å². The molecule has 0 radical (unpaired) electrons. The highest BCUT2D eigenvalue weighted by atomic mass is 127. The van der Waals surface area contributed by atoms with E-state index in [1.807, 2.05) is 18.2 Å². The van der Waals surface area contributed by atoms with E-state index in [1.165, 1.54) is 5.56 Å². The summed E-state index contributed by atoms with van der Waals surface area (Å²) in [7, 11) is 0. The van der Waals surface area contributed by atoms with Crippen LogP contribution >= 0.6 is 22.9 Å². The number of amides is 2. The molecule has 0 fully saturated rings. The van der Waals surface area contributed by atoms with Crippen molar-refractivity contribution in [2.75, 3.05) is 6.61 Å². The molecule has 0 aliphatic heterocycles. The van der Waals surface area contributed by atoms with Gasteiger partial charge in [-0.25, -0.2) is 0 Å². The average molecular weight is 390 g/mol. The number of aliphatic hydroxyl groups excluding tert-OH is 1. The van der Waals surface area contributed by atoms with Gasteiger partial charge in [0.25, 0.3) is 0 Å². The molecule has 0 saturated heterocycles. The highest BCUT2D eigenvalue weighted by Gasteiger charge is 2.17. The Balaban J connectivity index is 2.71. The topological polar surface area (TPSA) is 78.4 Å². The van der Waals surface area contributed by atoms with Gasteiger partial charge >= 0.3 is 11.8 Å². The fourth-order valence-corrected chi connectivity index (χ4v) is 2.06. The first-order valence-corrected chi connectivity index (χ1v) is 7.47. The van der Waals surface area contributed by atoms with E-state index in [0.717, 1.165) is 5.56 Å². The summed E-state index contributed by atoms with van der Waals surface area (Å²) < 4.78 is 2.22. The van der Waals surface area contributed by atoms with Gasteiger partial charge in [-0.15, -0.1) is 0 Å².